The molecular weight excluding hydrogens is 376 g/mol. The molecule has 7 heteroatoms. The summed E-state index contributed by atoms with van der Waals surface area (Å²) in [6, 6.07) is 16.6. The number of nitrogens with zero attached hydrogens (tertiary/aromatic N) is 2. The van der Waals surface area contributed by atoms with Crippen LogP contribution in [0.1, 0.15) is 21.9 Å². The molecule has 0 spiro atoms. The fourth-order valence-corrected chi connectivity index (χ4v) is 2.76. The van der Waals surface area contributed by atoms with Crippen molar-refractivity contribution >= 4 is 29.0 Å². The Hall–Kier alpha value is -3.12. The van der Waals surface area contributed by atoms with E-state index in [4.69, 9.17) is 16.3 Å². The zero-order valence-electron chi connectivity index (χ0n) is 15.7. The Labute approximate surface area is 168 Å². The van der Waals surface area contributed by atoms with E-state index in [-0.39, 0.29) is 5.91 Å². The number of benzene rings is 2. The van der Waals surface area contributed by atoms with Gasteiger partial charge in [-0.15, -0.1) is 0 Å². The highest BCUT2D eigenvalue weighted by molar-refractivity contribution is 6.30. The lowest BCUT2D eigenvalue weighted by Gasteiger charge is -2.10. The molecular formula is C21H21ClN4O2. The van der Waals surface area contributed by atoms with E-state index < -0.39 is 0 Å². The summed E-state index contributed by atoms with van der Waals surface area (Å²) in [4.78, 5) is 21.0. The summed E-state index contributed by atoms with van der Waals surface area (Å²) in [5, 5.41) is 6.76. The normalized spacial score (nSPS) is 10.4. The number of aromatic nitrogens is 2. The highest BCUT2D eigenvalue weighted by Crippen LogP contribution is 2.19. The van der Waals surface area contributed by atoms with Crippen molar-refractivity contribution in [1.82, 2.24) is 15.3 Å². The van der Waals surface area contributed by atoms with Crippen LogP contribution in [0.3, 0.4) is 0 Å². The smallest absolute Gasteiger partial charge is 0.270 e. The average Bonchev–Trinajstić information content (AvgIpc) is 2.69. The number of carbonyl (C=O) groups is 1. The number of methoxy groups -OCH3 is 1. The van der Waals surface area contributed by atoms with Gasteiger partial charge in [-0.3, -0.25) is 4.79 Å². The van der Waals surface area contributed by atoms with E-state index in [2.05, 4.69) is 20.6 Å². The van der Waals surface area contributed by atoms with Crippen molar-refractivity contribution in [2.24, 2.45) is 0 Å². The summed E-state index contributed by atoms with van der Waals surface area (Å²) in [6.07, 6.45) is 0.712. The third-order valence-electron chi connectivity index (χ3n) is 4.05. The van der Waals surface area contributed by atoms with Gasteiger partial charge in [-0.05, 0) is 55.3 Å². The Balaban J connectivity index is 1.62. The van der Waals surface area contributed by atoms with Gasteiger partial charge in [0.1, 0.15) is 23.1 Å². The first-order valence-corrected chi connectivity index (χ1v) is 9.21. The number of hydrogen-bond acceptors (Lipinski definition) is 5. The number of aryl methyl sites for hydroxylation is 1. The van der Waals surface area contributed by atoms with E-state index >= 15 is 0 Å². The minimum absolute atomic E-state index is 0.239. The third-order valence-corrected chi connectivity index (χ3v) is 4.30. The lowest BCUT2D eigenvalue weighted by Crippen LogP contribution is -2.27. The number of carbonyl (C=O) groups excluding carboxylic acids is 1. The van der Waals surface area contributed by atoms with E-state index in [0.29, 0.717) is 35.3 Å². The van der Waals surface area contributed by atoms with Crippen molar-refractivity contribution in [2.75, 3.05) is 19.0 Å². The Bertz CT molecular complexity index is 944. The summed E-state index contributed by atoms with van der Waals surface area (Å²) in [5.74, 6) is 1.60. The summed E-state index contributed by atoms with van der Waals surface area (Å²) < 4.78 is 5.15. The van der Waals surface area contributed by atoms with Crippen LogP contribution in [-0.4, -0.2) is 29.5 Å². The monoisotopic (exact) mass is 396 g/mol. The second-order valence-electron chi connectivity index (χ2n) is 6.17. The molecule has 1 aromatic heterocycles. The molecule has 0 radical (unpaired) electrons. The topological polar surface area (TPSA) is 76.1 Å². The second kappa shape index (κ2) is 9.19. The molecule has 2 N–H and O–H groups in total. The van der Waals surface area contributed by atoms with Gasteiger partial charge >= 0.3 is 0 Å². The molecule has 0 aliphatic rings. The SMILES string of the molecule is COc1ccc(Nc2cc(C(=O)NCCc3ccc(Cl)cc3)nc(C)n2)cc1. The molecule has 28 heavy (non-hydrogen) atoms. The van der Waals surface area contributed by atoms with Crippen LogP contribution in [0, 0.1) is 6.92 Å². The van der Waals surface area contributed by atoms with E-state index in [1.54, 1.807) is 20.1 Å². The predicted molar refractivity (Wildman–Crippen MR) is 111 cm³/mol. The molecule has 0 saturated carbocycles. The Morgan fingerprint density at radius 2 is 1.79 bits per heavy atom. The zero-order valence-corrected chi connectivity index (χ0v) is 16.5. The van der Waals surface area contributed by atoms with Gasteiger partial charge in [0.05, 0.1) is 7.11 Å². The lowest BCUT2D eigenvalue weighted by molar-refractivity contribution is 0.0949. The third kappa shape index (κ3) is 5.44. The molecule has 0 aliphatic carbocycles. The van der Waals surface area contributed by atoms with Gasteiger partial charge in [-0.2, -0.15) is 0 Å². The number of nitrogens with one attached hydrogen (secondary N) is 2. The van der Waals surface area contributed by atoms with Crippen LogP contribution in [0.15, 0.2) is 54.6 Å². The summed E-state index contributed by atoms with van der Waals surface area (Å²) in [7, 11) is 1.62. The number of anilines is 2. The molecule has 1 amide bonds. The van der Waals surface area contributed by atoms with Crippen LogP contribution >= 0.6 is 11.6 Å². The van der Waals surface area contributed by atoms with Crippen molar-refractivity contribution in [3.05, 3.63) is 76.7 Å². The van der Waals surface area contributed by atoms with E-state index in [1.807, 2.05) is 48.5 Å². The van der Waals surface area contributed by atoms with Gasteiger partial charge in [-0.1, -0.05) is 23.7 Å². The predicted octanol–water partition coefficient (Wildman–Crippen LogP) is 4.16. The van der Waals surface area contributed by atoms with Gasteiger partial charge < -0.3 is 15.4 Å². The number of amides is 1. The van der Waals surface area contributed by atoms with E-state index in [1.165, 1.54) is 0 Å². The van der Waals surface area contributed by atoms with Crippen LogP contribution in [0.25, 0.3) is 0 Å². The molecule has 0 fully saturated rings. The van der Waals surface area contributed by atoms with Crippen molar-refractivity contribution < 1.29 is 9.53 Å². The quantitative estimate of drug-likeness (QED) is 0.627. The molecule has 3 aromatic rings. The lowest BCUT2D eigenvalue weighted by atomic mass is 10.1. The van der Waals surface area contributed by atoms with Crippen molar-refractivity contribution in [3.63, 3.8) is 0 Å². The minimum Gasteiger partial charge on any atom is -0.497 e. The molecule has 2 aromatic carbocycles. The summed E-state index contributed by atoms with van der Waals surface area (Å²) in [5.41, 5.74) is 2.26. The summed E-state index contributed by atoms with van der Waals surface area (Å²) >= 11 is 5.88. The minimum atomic E-state index is -0.239. The molecule has 6 nitrogen and oxygen atoms in total. The summed E-state index contributed by atoms with van der Waals surface area (Å²) in [6.45, 7) is 2.26. The van der Waals surface area contributed by atoms with Crippen LogP contribution in [0.2, 0.25) is 5.02 Å². The molecule has 1 heterocycles. The molecule has 0 atom stereocenters. The fraction of sp³-hybridized carbons (Fsp3) is 0.190. The number of rotatable bonds is 7. The van der Waals surface area contributed by atoms with Crippen molar-refractivity contribution in [1.29, 1.82) is 0 Å². The highest BCUT2D eigenvalue weighted by Gasteiger charge is 2.10. The van der Waals surface area contributed by atoms with Gasteiger partial charge in [0.2, 0.25) is 0 Å². The zero-order chi connectivity index (χ0) is 19.9. The Kier molecular flexibility index (Phi) is 6.45. The van der Waals surface area contributed by atoms with Gasteiger partial charge in [-0.25, -0.2) is 9.97 Å². The first kappa shape index (κ1) is 19.6. The number of hydrogen-bond donors (Lipinski definition) is 2. The molecule has 0 saturated heterocycles. The number of ether oxygens (including phenoxy) is 1. The molecule has 144 valence electrons. The van der Waals surface area contributed by atoms with Crippen molar-refractivity contribution in [2.45, 2.75) is 13.3 Å². The van der Waals surface area contributed by atoms with E-state index in [9.17, 15) is 4.79 Å². The first-order chi connectivity index (χ1) is 13.5. The maximum Gasteiger partial charge on any atom is 0.270 e. The average molecular weight is 397 g/mol. The highest BCUT2D eigenvalue weighted by atomic mass is 35.5. The van der Waals surface area contributed by atoms with E-state index in [0.717, 1.165) is 17.0 Å². The van der Waals surface area contributed by atoms with Crippen LogP contribution in [0.5, 0.6) is 5.75 Å². The fourth-order valence-electron chi connectivity index (χ4n) is 2.63. The van der Waals surface area contributed by atoms with Crippen molar-refractivity contribution in [3.8, 4) is 5.75 Å². The molecule has 0 aliphatic heterocycles. The number of halogens is 1. The Morgan fingerprint density at radius 3 is 2.46 bits per heavy atom. The standard InChI is InChI=1S/C21H21ClN4O2/c1-14-24-19(21(27)23-12-11-15-3-5-16(22)6-4-15)13-20(25-14)26-17-7-9-18(28-2)10-8-17/h3-10,13H,11-12H2,1-2H3,(H,23,27)(H,24,25,26). The largest absolute Gasteiger partial charge is 0.497 e. The first-order valence-electron chi connectivity index (χ1n) is 8.83. The van der Waals surface area contributed by atoms with Gasteiger partial charge in [0.15, 0.2) is 0 Å². The molecule has 3 rings (SSSR count). The second-order valence-corrected chi connectivity index (χ2v) is 6.61. The van der Waals surface area contributed by atoms with Crippen LogP contribution in [0.4, 0.5) is 11.5 Å². The van der Waals surface area contributed by atoms with Crippen LogP contribution in [-0.2, 0) is 6.42 Å². The molecule has 0 unspecified atom stereocenters. The maximum atomic E-state index is 12.5. The van der Waals surface area contributed by atoms with Crippen LogP contribution < -0.4 is 15.4 Å². The van der Waals surface area contributed by atoms with Gasteiger partial charge in [0.25, 0.3) is 5.91 Å². The molecule has 0 bridgehead atoms. The maximum absolute atomic E-state index is 12.5. The van der Waals surface area contributed by atoms with Gasteiger partial charge in [0, 0.05) is 23.3 Å². The Morgan fingerprint density at radius 1 is 1.07 bits per heavy atom.